The lowest BCUT2D eigenvalue weighted by Gasteiger charge is -2.25. The molecule has 0 aliphatic heterocycles. The molecule has 0 aromatic carbocycles. The van der Waals surface area contributed by atoms with Crippen LogP contribution in [0.4, 0.5) is 0 Å². The summed E-state index contributed by atoms with van der Waals surface area (Å²) in [4.78, 5) is 37.7. The van der Waals surface area contributed by atoms with Crippen molar-refractivity contribution in [3.8, 4) is 0 Å². The molecule has 0 saturated carbocycles. The average Bonchev–Trinajstić information content (AvgIpc) is 2.39. The Bertz CT molecular complexity index is 2110. The molecule has 0 saturated heterocycles. The standard InChI is InChI=1S/C88H149NO8/c1-6-8-10-12-14-16-18-20-22-24-26-28-30-32-34-36-38-39-40-41-42-43-44-45-46-47-49-50-52-54-56-58-60-62-64-66-68-70-72-74-76-78-85(90)95-82-84(83-96-88(87(92)93)94-81-80-89(3,4)5)97-86(91)79-77-75-73-71-69-67-65-63-61-59-57-55-53-51-48-37-35-33-31-29-27-25-23-21-19-17-15-13-11-9-7-2/h8-11,14-17,20-23,26-29,32-35,48,51,55,57,84,88H,6-7,12-13,18-19,24-25,30-31,36-47,49-50,52-54,56,58-83H2,1-5H3/p+1/b10-8-,11-9-,16-14-,17-15-,22-20-,23-21-,28-26-,29-27-,34-32-,35-33-,51-48-,57-55-. The summed E-state index contributed by atoms with van der Waals surface area (Å²) in [5, 5.41) is 9.77. The van der Waals surface area contributed by atoms with Crippen LogP contribution in [-0.2, 0) is 33.3 Å². The summed E-state index contributed by atoms with van der Waals surface area (Å²) in [6.45, 7) is 4.66. The summed E-state index contributed by atoms with van der Waals surface area (Å²) in [7, 11) is 5.98. The lowest BCUT2D eigenvalue weighted by Crippen LogP contribution is -2.40. The fourth-order valence-electron chi connectivity index (χ4n) is 11.1. The van der Waals surface area contributed by atoms with Gasteiger partial charge in [0.25, 0.3) is 6.29 Å². The molecule has 0 aromatic rings. The monoisotopic (exact) mass is 1350 g/mol. The summed E-state index contributed by atoms with van der Waals surface area (Å²) in [5.41, 5.74) is 0. The Morgan fingerprint density at radius 1 is 0.309 bits per heavy atom. The van der Waals surface area contributed by atoms with Gasteiger partial charge in [-0.2, -0.15) is 0 Å². The fourth-order valence-corrected chi connectivity index (χ4v) is 11.1. The van der Waals surface area contributed by atoms with E-state index in [0.29, 0.717) is 23.9 Å². The van der Waals surface area contributed by atoms with Crippen molar-refractivity contribution in [2.24, 2.45) is 0 Å². The molecule has 0 radical (unpaired) electrons. The molecule has 1 N–H and O–H groups in total. The van der Waals surface area contributed by atoms with Crippen molar-refractivity contribution in [3.63, 3.8) is 0 Å². The summed E-state index contributed by atoms with van der Waals surface area (Å²) < 4.78 is 23.0. The second kappa shape index (κ2) is 76.9. The normalized spacial score (nSPS) is 13.5. The van der Waals surface area contributed by atoms with Crippen molar-refractivity contribution < 1.29 is 42.9 Å². The molecule has 2 atom stereocenters. The quantitative estimate of drug-likeness (QED) is 0.0211. The number of unbranched alkanes of at least 4 members (excludes halogenated alkanes) is 34. The zero-order valence-electron chi connectivity index (χ0n) is 63.4. The number of hydrogen-bond acceptors (Lipinski definition) is 7. The van der Waals surface area contributed by atoms with Crippen molar-refractivity contribution in [3.05, 3.63) is 146 Å². The molecule has 97 heavy (non-hydrogen) atoms. The van der Waals surface area contributed by atoms with Gasteiger partial charge in [0.2, 0.25) is 0 Å². The van der Waals surface area contributed by atoms with E-state index in [1.54, 1.807) is 0 Å². The summed E-state index contributed by atoms with van der Waals surface area (Å²) in [6.07, 6.45) is 110. The van der Waals surface area contributed by atoms with Gasteiger partial charge in [0.1, 0.15) is 13.2 Å². The third kappa shape index (κ3) is 78.4. The zero-order valence-corrected chi connectivity index (χ0v) is 63.4. The number of carboxylic acid groups (broad SMARTS) is 1. The van der Waals surface area contributed by atoms with E-state index in [0.717, 1.165) is 122 Å². The molecule has 0 rings (SSSR count). The van der Waals surface area contributed by atoms with Crippen molar-refractivity contribution in [2.45, 2.75) is 347 Å². The van der Waals surface area contributed by atoms with Crippen LogP contribution in [0.5, 0.6) is 0 Å². The second-order valence-electron chi connectivity index (χ2n) is 27.6. The number of ether oxygens (including phenoxy) is 4. The van der Waals surface area contributed by atoms with Gasteiger partial charge in [-0.15, -0.1) is 0 Å². The van der Waals surface area contributed by atoms with Gasteiger partial charge in [-0.05, 0) is 116 Å². The molecule has 0 fully saturated rings. The van der Waals surface area contributed by atoms with E-state index in [1.165, 1.54) is 180 Å². The first-order chi connectivity index (χ1) is 47.6. The maximum absolute atomic E-state index is 13.0. The summed E-state index contributed by atoms with van der Waals surface area (Å²) >= 11 is 0. The molecular weight excluding hydrogens is 1200 g/mol. The molecular formula is C88H150NO8+. The van der Waals surface area contributed by atoms with Gasteiger partial charge < -0.3 is 28.5 Å². The highest BCUT2D eigenvalue weighted by atomic mass is 16.7. The average molecular weight is 1350 g/mol. The van der Waals surface area contributed by atoms with Crippen LogP contribution in [0.15, 0.2) is 146 Å². The Labute approximate surface area is 598 Å². The maximum atomic E-state index is 13.0. The second-order valence-corrected chi connectivity index (χ2v) is 27.6. The number of carbonyl (C=O) groups is 3. The molecule has 0 spiro atoms. The molecule has 2 unspecified atom stereocenters. The molecule has 9 nitrogen and oxygen atoms in total. The SMILES string of the molecule is CC/C=C\C/C=C\C/C=C\C/C=C\C/C=C\C/C=C\C/C=C\CCCCCCCCCCCC(=O)OC(COC(=O)CCCCCCCCCCCCCCCCCCCCCCCCCCC/C=C\C/C=C\C/C=C\C/C=C\C/C=C\CC)COC(OCC[N+](C)(C)C)C(=O)O. The number of nitrogens with zero attached hydrogens (tertiary/aromatic N) is 1. The first-order valence-electron chi connectivity index (χ1n) is 40.0. The predicted molar refractivity (Wildman–Crippen MR) is 419 cm³/mol. The molecule has 0 aliphatic carbocycles. The van der Waals surface area contributed by atoms with Gasteiger partial charge in [-0.25, -0.2) is 4.79 Å². The van der Waals surface area contributed by atoms with E-state index in [4.69, 9.17) is 18.9 Å². The Morgan fingerprint density at radius 3 is 0.825 bits per heavy atom. The van der Waals surface area contributed by atoms with Crippen molar-refractivity contribution in [1.29, 1.82) is 0 Å². The maximum Gasteiger partial charge on any atom is 0.361 e. The number of carboxylic acids is 1. The number of aliphatic carboxylic acids is 1. The third-order valence-electron chi connectivity index (χ3n) is 17.1. The minimum Gasteiger partial charge on any atom is -0.477 e. The Kier molecular flexibility index (Phi) is 73.1. The van der Waals surface area contributed by atoms with Gasteiger partial charge in [-0.1, -0.05) is 352 Å². The van der Waals surface area contributed by atoms with Gasteiger partial charge in [0.05, 0.1) is 34.4 Å². The molecule has 0 aliphatic rings. The summed E-state index contributed by atoms with van der Waals surface area (Å²) in [6, 6.07) is 0. The number of allylic oxidation sites excluding steroid dienone is 24. The minimum atomic E-state index is -1.52. The number of esters is 2. The van der Waals surface area contributed by atoms with Crippen LogP contribution in [0.25, 0.3) is 0 Å². The number of quaternary nitrogens is 1. The van der Waals surface area contributed by atoms with Crippen molar-refractivity contribution >= 4 is 17.9 Å². The third-order valence-corrected chi connectivity index (χ3v) is 17.1. The van der Waals surface area contributed by atoms with Crippen LogP contribution in [0.3, 0.4) is 0 Å². The highest BCUT2D eigenvalue weighted by Gasteiger charge is 2.25. The highest BCUT2D eigenvalue weighted by Crippen LogP contribution is 2.18. The smallest absolute Gasteiger partial charge is 0.361 e. The highest BCUT2D eigenvalue weighted by molar-refractivity contribution is 5.71. The molecule has 0 amide bonds. The lowest BCUT2D eigenvalue weighted by molar-refractivity contribution is -0.870. The van der Waals surface area contributed by atoms with E-state index in [9.17, 15) is 19.5 Å². The van der Waals surface area contributed by atoms with Crippen LogP contribution >= 0.6 is 0 Å². The summed E-state index contributed by atoms with van der Waals surface area (Å²) in [5.74, 6) is -2.01. The van der Waals surface area contributed by atoms with Crippen LogP contribution in [-0.4, -0.2) is 87.4 Å². The molecule has 0 heterocycles. The van der Waals surface area contributed by atoms with E-state index in [2.05, 4.69) is 160 Å². The minimum absolute atomic E-state index is 0.182. The Morgan fingerprint density at radius 2 is 0.557 bits per heavy atom. The molecule has 554 valence electrons. The first kappa shape index (κ1) is 92.2. The van der Waals surface area contributed by atoms with Gasteiger partial charge in [-0.3, -0.25) is 9.59 Å². The van der Waals surface area contributed by atoms with E-state index < -0.39 is 24.3 Å². The zero-order chi connectivity index (χ0) is 70.4. The number of carbonyl (C=O) groups excluding carboxylic acids is 2. The predicted octanol–water partition coefficient (Wildman–Crippen LogP) is 25.8. The lowest BCUT2D eigenvalue weighted by atomic mass is 10.0. The Balaban J connectivity index is 4.02. The Hall–Kier alpha value is -4.83. The molecule has 9 heteroatoms. The van der Waals surface area contributed by atoms with E-state index in [1.807, 2.05) is 21.1 Å². The molecule has 0 bridgehead atoms. The number of likely N-dealkylation sites (N-methyl/N-ethyl adjacent to an activating group) is 1. The molecule has 0 aromatic heterocycles. The topological polar surface area (TPSA) is 108 Å². The van der Waals surface area contributed by atoms with Gasteiger partial charge in [0, 0.05) is 12.8 Å². The number of rotatable bonds is 73. The van der Waals surface area contributed by atoms with Crippen LogP contribution in [0.2, 0.25) is 0 Å². The van der Waals surface area contributed by atoms with Crippen LogP contribution in [0.1, 0.15) is 335 Å². The van der Waals surface area contributed by atoms with Crippen molar-refractivity contribution in [2.75, 3.05) is 47.5 Å². The van der Waals surface area contributed by atoms with Gasteiger partial charge >= 0.3 is 17.9 Å². The van der Waals surface area contributed by atoms with Gasteiger partial charge in [0.15, 0.2) is 6.10 Å². The largest absolute Gasteiger partial charge is 0.477 e. The van der Waals surface area contributed by atoms with E-state index >= 15 is 0 Å². The fraction of sp³-hybridized carbons (Fsp3) is 0.693. The van der Waals surface area contributed by atoms with Crippen LogP contribution < -0.4 is 0 Å². The van der Waals surface area contributed by atoms with E-state index in [-0.39, 0.29) is 32.2 Å². The number of hydrogen-bond donors (Lipinski definition) is 1. The van der Waals surface area contributed by atoms with Crippen molar-refractivity contribution in [1.82, 2.24) is 0 Å². The first-order valence-corrected chi connectivity index (χ1v) is 40.0. The van der Waals surface area contributed by atoms with Crippen LogP contribution in [0, 0.1) is 0 Å².